The molecule has 0 fully saturated rings. The van der Waals surface area contributed by atoms with E-state index in [1.807, 2.05) is 28.1 Å². The summed E-state index contributed by atoms with van der Waals surface area (Å²) in [6.07, 6.45) is -2.16. The van der Waals surface area contributed by atoms with Crippen LogP contribution >= 0.6 is 22.6 Å². The first kappa shape index (κ1) is 23.8. The molecule has 13 heteroatoms. The maximum atomic E-state index is 14.2. The predicted molar refractivity (Wildman–Crippen MR) is 112 cm³/mol. The zero-order chi connectivity index (χ0) is 22.4. The first-order valence-corrected chi connectivity index (χ1v) is 9.64. The van der Waals surface area contributed by atoms with Crippen molar-refractivity contribution in [3.8, 4) is 5.75 Å². The summed E-state index contributed by atoms with van der Waals surface area (Å²) in [5.74, 6) is -1.45. The maximum absolute atomic E-state index is 14.2. The van der Waals surface area contributed by atoms with Crippen LogP contribution in [0.2, 0.25) is 0 Å². The summed E-state index contributed by atoms with van der Waals surface area (Å²) < 4.78 is 21.6. The molecule has 30 heavy (non-hydrogen) atoms. The third-order valence-corrected chi connectivity index (χ3v) is 4.59. The number of carbonyl (C=O) groups is 1. The highest BCUT2D eigenvalue weighted by Gasteiger charge is 2.21. The number of ether oxygens (including phenoxy) is 1. The quantitative estimate of drug-likeness (QED) is 0.214. The highest BCUT2D eigenvalue weighted by molar-refractivity contribution is 14.1. The summed E-state index contributed by atoms with van der Waals surface area (Å²) in [5.41, 5.74) is 0.206. The minimum Gasteiger partial charge on any atom is -0.399 e. The maximum Gasteiger partial charge on any atom is 0.437 e. The Hall–Kier alpha value is -2.49. The number of hydroxylamine groups is 1. The van der Waals surface area contributed by atoms with Gasteiger partial charge < -0.3 is 20.3 Å². The first-order chi connectivity index (χ1) is 14.1. The summed E-state index contributed by atoms with van der Waals surface area (Å²) in [5, 5.41) is 20.5. The number of nitrogens with zero attached hydrogens (tertiary/aromatic N) is 2. The van der Waals surface area contributed by atoms with E-state index in [-0.39, 0.29) is 24.5 Å². The second-order valence-corrected chi connectivity index (χ2v) is 7.34. The summed E-state index contributed by atoms with van der Waals surface area (Å²) in [4.78, 5) is 41.5. The number of carbonyl (C=O) groups excluding carboxylic acids is 1. The fraction of sp³-hybridized carbons (Fsp3) is 0.353. The summed E-state index contributed by atoms with van der Waals surface area (Å²) in [7, 11) is 2.50. The van der Waals surface area contributed by atoms with E-state index in [0.717, 1.165) is 9.13 Å². The molecule has 0 aliphatic rings. The SMILES string of the molecule is Cn1c(Nc2ccc(I)cc2F)c(OC(=O)NOCC[C@H](O)CO)c(=O)n(C)c1=O. The Balaban J connectivity index is 2.28. The van der Waals surface area contributed by atoms with Crippen molar-refractivity contribution in [3.05, 3.63) is 48.4 Å². The van der Waals surface area contributed by atoms with Crippen molar-refractivity contribution in [1.29, 1.82) is 0 Å². The molecule has 1 atom stereocenters. The van der Waals surface area contributed by atoms with Crippen LogP contribution in [0.1, 0.15) is 6.42 Å². The van der Waals surface area contributed by atoms with E-state index >= 15 is 0 Å². The van der Waals surface area contributed by atoms with E-state index in [1.165, 1.54) is 26.2 Å². The van der Waals surface area contributed by atoms with Crippen molar-refractivity contribution in [2.75, 3.05) is 18.5 Å². The van der Waals surface area contributed by atoms with Gasteiger partial charge in [-0.3, -0.25) is 18.8 Å². The van der Waals surface area contributed by atoms with Crippen LogP contribution in [0.3, 0.4) is 0 Å². The van der Waals surface area contributed by atoms with Gasteiger partial charge in [0, 0.05) is 24.1 Å². The average Bonchev–Trinajstić information content (AvgIpc) is 2.71. The molecule has 11 nitrogen and oxygen atoms in total. The highest BCUT2D eigenvalue weighted by atomic mass is 127. The molecular weight excluding hydrogens is 518 g/mol. The van der Waals surface area contributed by atoms with Crippen LogP contribution in [-0.2, 0) is 18.9 Å². The number of anilines is 2. The molecule has 0 saturated heterocycles. The van der Waals surface area contributed by atoms with Gasteiger partial charge in [-0.1, -0.05) is 0 Å². The topological polar surface area (TPSA) is 144 Å². The zero-order valence-electron chi connectivity index (χ0n) is 16.0. The van der Waals surface area contributed by atoms with Gasteiger partial charge in [0.1, 0.15) is 5.82 Å². The lowest BCUT2D eigenvalue weighted by molar-refractivity contribution is 0.0111. The number of hydrogen-bond acceptors (Lipinski definition) is 8. The summed E-state index contributed by atoms with van der Waals surface area (Å²) >= 11 is 1.92. The van der Waals surface area contributed by atoms with Crippen LogP contribution in [0.15, 0.2) is 27.8 Å². The number of rotatable bonds is 8. The molecule has 0 aliphatic heterocycles. The third-order valence-electron chi connectivity index (χ3n) is 3.92. The van der Waals surface area contributed by atoms with Crippen molar-refractivity contribution in [3.63, 3.8) is 0 Å². The van der Waals surface area contributed by atoms with Gasteiger partial charge in [-0.15, -0.1) is 0 Å². The van der Waals surface area contributed by atoms with E-state index in [1.54, 1.807) is 6.07 Å². The van der Waals surface area contributed by atoms with Gasteiger partial charge in [0.15, 0.2) is 5.82 Å². The van der Waals surface area contributed by atoms with Crippen molar-refractivity contribution in [2.45, 2.75) is 12.5 Å². The predicted octanol–water partition coefficient (Wildman–Crippen LogP) is 0.335. The molecule has 0 spiro atoms. The molecule has 0 bridgehead atoms. The van der Waals surface area contributed by atoms with E-state index in [9.17, 15) is 23.9 Å². The average molecular weight is 538 g/mol. The van der Waals surface area contributed by atoms with Crippen LogP contribution in [0.5, 0.6) is 5.75 Å². The summed E-state index contributed by atoms with van der Waals surface area (Å²) in [6.45, 7) is -0.604. The second kappa shape index (κ2) is 10.5. The molecule has 4 N–H and O–H groups in total. The molecule has 1 aromatic heterocycles. The van der Waals surface area contributed by atoms with Crippen LogP contribution in [-0.4, -0.2) is 44.8 Å². The van der Waals surface area contributed by atoms with E-state index in [0.29, 0.717) is 3.57 Å². The van der Waals surface area contributed by atoms with Crippen LogP contribution < -0.4 is 26.8 Å². The minimum atomic E-state index is -1.18. The smallest absolute Gasteiger partial charge is 0.399 e. The van der Waals surface area contributed by atoms with E-state index in [4.69, 9.17) is 14.7 Å². The van der Waals surface area contributed by atoms with Gasteiger partial charge in [0.2, 0.25) is 5.75 Å². The number of benzene rings is 1. The molecule has 0 unspecified atom stereocenters. The lowest BCUT2D eigenvalue weighted by Gasteiger charge is -2.17. The van der Waals surface area contributed by atoms with Gasteiger partial charge in [-0.2, -0.15) is 5.48 Å². The monoisotopic (exact) mass is 538 g/mol. The van der Waals surface area contributed by atoms with Crippen LogP contribution in [0.4, 0.5) is 20.7 Å². The lowest BCUT2D eigenvalue weighted by Crippen LogP contribution is -2.40. The molecule has 1 amide bonds. The van der Waals surface area contributed by atoms with Crippen molar-refractivity contribution in [1.82, 2.24) is 14.6 Å². The van der Waals surface area contributed by atoms with E-state index < -0.39 is 41.6 Å². The molecule has 0 radical (unpaired) electrons. The number of aromatic nitrogens is 2. The molecule has 0 aliphatic carbocycles. The number of aliphatic hydroxyl groups is 2. The Morgan fingerprint density at radius 1 is 1.30 bits per heavy atom. The standard InChI is InChI=1S/C17H20FIN4O7/c1-22-14(20-12-4-3-9(19)7-11(12)18)13(15(26)23(2)17(22)28)30-16(27)21-29-6-5-10(25)8-24/h3-4,7,10,20,24-25H,5-6,8H2,1-2H3,(H,21,27)/t10-/m0/s1. The fourth-order valence-electron chi connectivity index (χ4n) is 2.27. The number of halogens is 2. The highest BCUT2D eigenvalue weighted by Crippen LogP contribution is 2.25. The third kappa shape index (κ3) is 5.78. The molecule has 1 aromatic carbocycles. The van der Waals surface area contributed by atoms with Crippen LogP contribution in [0, 0.1) is 9.39 Å². The van der Waals surface area contributed by atoms with Gasteiger partial charge >= 0.3 is 17.3 Å². The number of nitrogens with one attached hydrogen (secondary N) is 2. The molecule has 2 rings (SSSR count). The second-order valence-electron chi connectivity index (χ2n) is 6.10. The molecule has 0 saturated carbocycles. The van der Waals surface area contributed by atoms with Crippen molar-refractivity contribution < 1.29 is 29.0 Å². The Bertz CT molecular complexity index is 1040. The normalized spacial score (nSPS) is 11.8. The van der Waals surface area contributed by atoms with Gasteiger partial charge in [-0.05, 0) is 40.8 Å². The number of amides is 1. The Kier molecular flexibility index (Phi) is 8.33. The van der Waals surface area contributed by atoms with E-state index in [2.05, 4.69) is 5.32 Å². The van der Waals surface area contributed by atoms with Crippen molar-refractivity contribution >= 4 is 40.2 Å². The Morgan fingerprint density at radius 2 is 2.00 bits per heavy atom. The minimum absolute atomic E-state index is 0.0390. The Morgan fingerprint density at radius 3 is 2.63 bits per heavy atom. The van der Waals surface area contributed by atoms with Gasteiger partial charge in [0.25, 0.3) is 0 Å². The number of aliphatic hydroxyl groups excluding tert-OH is 2. The molecular formula is C17H20FIN4O7. The largest absolute Gasteiger partial charge is 0.437 e. The van der Waals surface area contributed by atoms with Gasteiger partial charge in [-0.25, -0.2) is 14.0 Å². The zero-order valence-corrected chi connectivity index (χ0v) is 18.2. The Labute approximate surface area is 183 Å². The molecule has 164 valence electrons. The summed E-state index contributed by atoms with van der Waals surface area (Å²) in [6, 6.07) is 4.25. The number of hydrogen-bond donors (Lipinski definition) is 4. The first-order valence-electron chi connectivity index (χ1n) is 8.56. The molecule has 1 heterocycles. The van der Waals surface area contributed by atoms with Gasteiger partial charge in [0.05, 0.1) is 25.0 Å². The fourth-order valence-corrected chi connectivity index (χ4v) is 2.73. The van der Waals surface area contributed by atoms with Crippen molar-refractivity contribution in [2.24, 2.45) is 14.1 Å². The molecule has 2 aromatic rings. The lowest BCUT2D eigenvalue weighted by atomic mass is 10.3. The van der Waals surface area contributed by atoms with Crippen LogP contribution in [0.25, 0.3) is 0 Å².